The van der Waals surface area contributed by atoms with Crippen LogP contribution in [0.3, 0.4) is 0 Å². The fourth-order valence-corrected chi connectivity index (χ4v) is 3.68. The molecular weight excluding hydrogens is 420 g/mol. The number of rotatable bonds is 4. The summed E-state index contributed by atoms with van der Waals surface area (Å²) in [5.74, 6) is -0.109. The van der Waals surface area contributed by atoms with Crippen LogP contribution in [0, 0.1) is 0 Å². The van der Waals surface area contributed by atoms with E-state index < -0.39 is 5.97 Å². The minimum absolute atomic E-state index is 0.0325. The Kier molecular flexibility index (Phi) is 5.53. The number of esters is 1. The maximum Gasteiger partial charge on any atom is 0.325 e. The van der Waals surface area contributed by atoms with Crippen molar-refractivity contribution in [2.75, 3.05) is 14.2 Å². The Morgan fingerprint density at radius 2 is 1.88 bits per heavy atom. The van der Waals surface area contributed by atoms with E-state index in [1.807, 2.05) is 12.1 Å². The summed E-state index contributed by atoms with van der Waals surface area (Å²) in [7, 11) is 2.91. The molecule has 1 aromatic heterocycles. The second kappa shape index (κ2) is 7.84. The van der Waals surface area contributed by atoms with E-state index in [1.165, 1.54) is 18.4 Å². The van der Waals surface area contributed by atoms with E-state index in [2.05, 4.69) is 20.9 Å². The van der Waals surface area contributed by atoms with Crippen molar-refractivity contribution in [3.63, 3.8) is 0 Å². The van der Waals surface area contributed by atoms with Gasteiger partial charge < -0.3 is 14.0 Å². The van der Waals surface area contributed by atoms with Gasteiger partial charge in [0, 0.05) is 10.0 Å². The Bertz CT molecular complexity index is 1040. The van der Waals surface area contributed by atoms with Gasteiger partial charge in [-0.3, -0.25) is 9.59 Å². The smallest absolute Gasteiger partial charge is 0.325 e. The lowest BCUT2D eigenvalue weighted by Gasteiger charge is -2.04. The molecule has 0 saturated heterocycles. The first-order valence-electron chi connectivity index (χ1n) is 7.60. The standard InChI is InChI=1S/C18H15BrN2O4S/c1-24-13-7-8-14-15(9-13)26-18(21(14)10-16(22)25-2)20-17(23)11-3-5-12(19)6-4-11/h3-9H,10H2,1-2H3. The molecule has 0 bridgehead atoms. The van der Waals surface area contributed by atoms with Gasteiger partial charge in [-0.1, -0.05) is 27.3 Å². The Balaban J connectivity index is 2.13. The van der Waals surface area contributed by atoms with E-state index in [0.29, 0.717) is 16.1 Å². The summed E-state index contributed by atoms with van der Waals surface area (Å²) in [6.07, 6.45) is 0. The van der Waals surface area contributed by atoms with Crippen LogP contribution in [0.4, 0.5) is 0 Å². The first-order chi connectivity index (χ1) is 12.5. The summed E-state index contributed by atoms with van der Waals surface area (Å²) >= 11 is 4.65. The van der Waals surface area contributed by atoms with Gasteiger partial charge in [-0.25, -0.2) is 0 Å². The molecule has 0 unspecified atom stereocenters. The Hall–Kier alpha value is -2.45. The lowest BCUT2D eigenvalue weighted by molar-refractivity contribution is -0.141. The van der Waals surface area contributed by atoms with Crippen molar-refractivity contribution in [3.05, 3.63) is 57.3 Å². The van der Waals surface area contributed by atoms with Crippen molar-refractivity contribution in [3.8, 4) is 5.75 Å². The zero-order chi connectivity index (χ0) is 18.7. The fourth-order valence-electron chi connectivity index (χ4n) is 2.36. The van der Waals surface area contributed by atoms with Crippen molar-refractivity contribution < 1.29 is 19.1 Å². The molecule has 2 aromatic carbocycles. The molecule has 0 atom stereocenters. The maximum absolute atomic E-state index is 12.5. The summed E-state index contributed by atoms with van der Waals surface area (Å²) in [4.78, 5) is 28.9. The average molecular weight is 435 g/mol. The predicted octanol–water partition coefficient (Wildman–Crippen LogP) is 3.39. The van der Waals surface area contributed by atoms with Gasteiger partial charge in [-0.15, -0.1) is 0 Å². The Morgan fingerprint density at radius 1 is 1.15 bits per heavy atom. The van der Waals surface area contributed by atoms with Crippen LogP contribution in [0.5, 0.6) is 5.75 Å². The van der Waals surface area contributed by atoms with Gasteiger partial charge in [0.15, 0.2) is 4.80 Å². The zero-order valence-corrected chi connectivity index (χ0v) is 16.5. The number of thiazole rings is 1. The van der Waals surface area contributed by atoms with E-state index in [0.717, 1.165) is 14.7 Å². The second-order valence-electron chi connectivity index (χ2n) is 5.30. The first kappa shape index (κ1) is 18.3. The van der Waals surface area contributed by atoms with Gasteiger partial charge in [0.25, 0.3) is 5.91 Å². The highest BCUT2D eigenvalue weighted by Gasteiger charge is 2.13. The molecule has 8 heteroatoms. The summed E-state index contributed by atoms with van der Waals surface area (Å²) in [6.45, 7) is -0.0325. The molecule has 1 heterocycles. The fraction of sp³-hybridized carbons (Fsp3) is 0.167. The van der Waals surface area contributed by atoms with Crippen molar-refractivity contribution >= 4 is 49.4 Å². The van der Waals surface area contributed by atoms with Crippen LogP contribution in [0.15, 0.2) is 51.9 Å². The van der Waals surface area contributed by atoms with E-state index >= 15 is 0 Å². The number of hydrogen-bond acceptors (Lipinski definition) is 5. The minimum atomic E-state index is -0.418. The SMILES string of the molecule is COC(=O)Cn1c(=NC(=O)c2ccc(Br)cc2)sc2cc(OC)ccc21. The average Bonchev–Trinajstić information content (AvgIpc) is 2.98. The first-order valence-corrected chi connectivity index (χ1v) is 9.21. The molecule has 0 aliphatic heterocycles. The summed E-state index contributed by atoms with van der Waals surface area (Å²) in [6, 6.07) is 12.4. The highest BCUT2D eigenvalue weighted by molar-refractivity contribution is 9.10. The number of aromatic nitrogens is 1. The number of hydrogen-bond donors (Lipinski definition) is 0. The highest BCUT2D eigenvalue weighted by Crippen LogP contribution is 2.23. The molecular formula is C18H15BrN2O4S. The number of carbonyl (C=O) groups excluding carboxylic acids is 2. The molecule has 6 nitrogen and oxygen atoms in total. The van der Waals surface area contributed by atoms with Crippen molar-refractivity contribution in [1.29, 1.82) is 0 Å². The summed E-state index contributed by atoms with van der Waals surface area (Å²) in [5, 5.41) is 0. The van der Waals surface area contributed by atoms with Gasteiger partial charge >= 0.3 is 5.97 Å². The molecule has 0 aliphatic rings. The number of nitrogens with zero attached hydrogens (tertiary/aromatic N) is 2. The van der Waals surface area contributed by atoms with E-state index in [-0.39, 0.29) is 12.5 Å². The predicted molar refractivity (Wildman–Crippen MR) is 102 cm³/mol. The van der Waals surface area contributed by atoms with Gasteiger partial charge in [0.05, 0.1) is 24.4 Å². The molecule has 0 radical (unpaired) electrons. The number of halogens is 1. The molecule has 3 rings (SSSR count). The summed E-state index contributed by atoms with van der Waals surface area (Å²) in [5.41, 5.74) is 1.25. The van der Waals surface area contributed by atoms with Crippen LogP contribution in [0.25, 0.3) is 10.2 Å². The maximum atomic E-state index is 12.5. The number of amides is 1. The monoisotopic (exact) mass is 434 g/mol. The number of carbonyl (C=O) groups is 2. The molecule has 134 valence electrons. The minimum Gasteiger partial charge on any atom is -0.497 e. The third-order valence-electron chi connectivity index (χ3n) is 3.69. The van der Waals surface area contributed by atoms with Gasteiger partial charge in [0.1, 0.15) is 12.3 Å². The molecule has 3 aromatic rings. The van der Waals surface area contributed by atoms with Crippen LogP contribution in [0.2, 0.25) is 0 Å². The molecule has 0 fully saturated rings. The van der Waals surface area contributed by atoms with E-state index in [1.54, 1.807) is 42.0 Å². The van der Waals surface area contributed by atoms with Crippen molar-refractivity contribution in [1.82, 2.24) is 4.57 Å². The normalized spacial score (nSPS) is 11.6. The van der Waals surface area contributed by atoms with Crippen LogP contribution < -0.4 is 9.54 Å². The second-order valence-corrected chi connectivity index (χ2v) is 7.23. The Labute approximate surface area is 161 Å². The molecule has 1 amide bonds. The largest absolute Gasteiger partial charge is 0.497 e. The third kappa shape index (κ3) is 3.86. The number of ether oxygens (including phenoxy) is 2. The molecule has 0 saturated carbocycles. The van der Waals surface area contributed by atoms with Crippen LogP contribution in [-0.2, 0) is 16.1 Å². The molecule has 0 aliphatic carbocycles. The van der Waals surface area contributed by atoms with Crippen molar-refractivity contribution in [2.45, 2.75) is 6.54 Å². The topological polar surface area (TPSA) is 69.9 Å². The van der Waals surface area contributed by atoms with Gasteiger partial charge in [-0.2, -0.15) is 4.99 Å². The third-order valence-corrected chi connectivity index (χ3v) is 5.26. The van der Waals surface area contributed by atoms with E-state index in [9.17, 15) is 9.59 Å². The quantitative estimate of drug-likeness (QED) is 0.590. The van der Waals surface area contributed by atoms with Gasteiger partial charge in [0.2, 0.25) is 0 Å². The van der Waals surface area contributed by atoms with Gasteiger partial charge in [-0.05, 0) is 42.5 Å². The highest BCUT2D eigenvalue weighted by atomic mass is 79.9. The molecule has 26 heavy (non-hydrogen) atoms. The lowest BCUT2D eigenvalue weighted by atomic mass is 10.2. The number of methoxy groups -OCH3 is 2. The van der Waals surface area contributed by atoms with E-state index in [4.69, 9.17) is 9.47 Å². The Morgan fingerprint density at radius 3 is 2.54 bits per heavy atom. The lowest BCUT2D eigenvalue weighted by Crippen LogP contribution is -2.22. The number of fused-ring (bicyclic) bond motifs is 1. The van der Waals surface area contributed by atoms with Crippen LogP contribution in [-0.4, -0.2) is 30.7 Å². The molecule has 0 spiro atoms. The summed E-state index contributed by atoms with van der Waals surface area (Å²) < 4.78 is 13.4. The van der Waals surface area contributed by atoms with Crippen LogP contribution in [0.1, 0.15) is 10.4 Å². The zero-order valence-electron chi connectivity index (χ0n) is 14.1. The molecule has 0 N–H and O–H groups in total. The number of benzene rings is 2. The van der Waals surface area contributed by atoms with Crippen LogP contribution >= 0.6 is 27.3 Å². The van der Waals surface area contributed by atoms with Crippen molar-refractivity contribution in [2.24, 2.45) is 4.99 Å².